The van der Waals surface area contributed by atoms with Crippen LogP contribution in [0.2, 0.25) is 0 Å². The maximum Gasteiger partial charge on any atom is 0.256 e. The van der Waals surface area contributed by atoms with Crippen molar-refractivity contribution in [2.75, 3.05) is 26.1 Å². The molecule has 0 aliphatic carbocycles. The zero-order valence-corrected chi connectivity index (χ0v) is 26.6. The number of nitrogens with zero attached hydrogens (tertiary/aromatic N) is 5. The zero-order valence-electron chi connectivity index (χ0n) is 26.6. The predicted octanol–water partition coefficient (Wildman–Crippen LogP) is 5.94. The molecule has 1 aliphatic heterocycles. The maximum atomic E-state index is 15.8. The second kappa shape index (κ2) is 13.8. The molecule has 0 unspecified atom stereocenters. The van der Waals surface area contributed by atoms with E-state index in [0.717, 1.165) is 16.7 Å². The lowest BCUT2D eigenvalue weighted by Crippen LogP contribution is -2.36. The van der Waals surface area contributed by atoms with Gasteiger partial charge in [-0.05, 0) is 53.1 Å². The molecule has 1 saturated heterocycles. The van der Waals surface area contributed by atoms with Gasteiger partial charge < -0.3 is 24.3 Å². The normalized spacial score (nSPS) is 17.6. The maximum absolute atomic E-state index is 15.8. The zero-order chi connectivity index (χ0) is 33.8. The Morgan fingerprint density at radius 1 is 0.837 bits per heavy atom. The van der Waals surface area contributed by atoms with Gasteiger partial charge in [0, 0.05) is 12.0 Å². The lowest BCUT2D eigenvalue weighted by atomic mass is 9.80. The Balaban J connectivity index is 1.18. The predicted molar refractivity (Wildman–Crippen MR) is 179 cm³/mol. The Morgan fingerprint density at radius 2 is 1.43 bits per heavy atom. The van der Waals surface area contributed by atoms with Crippen LogP contribution in [0.4, 0.5) is 10.2 Å². The summed E-state index contributed by atoms with van der Waals surface area (Å²) in [7, 11) is 3.23. The summed E-state index contributed by atoms with van der Waals surface area (Å²) in [5.74, 6) is 1.16. The van der Waals surface area contributed by atoms with Gasteiger partial charge in [0.1, 0.15) is 23.4 Å². The van der Waals surface area contributed by atoms with Gasteiger partial charge in [0.2, 0.25) is 0 Å². The molecular weight excluding hydrogens is 627 g/mol. The second-order valence-corrected chi connectivity index (χ2v) is 11.3. The number of methoxy groups -OCH3 is 2. The largest absolute Gasteiger partial charge is 0.497 e. The molecule has 6 aromatic rings. The first-order valence-electron chi connectivity index (χ1n) is 15.6. The van der Waals surface area contributed by atoms with Crippen LogP contribution in [0.15, 0.2) is 116 Å². The fourth-order valence-corrected chi connectivity index (χ4v) is 5.97. The highest BCUT2D eigenvalue weighted by molar-refractivity contribution is 6.06. The highest BCUT2D eigenvalue weighted by Gasteiger charge is 2.43. The molecule has 0 saturated carbocycles. The van der Waals surface area contributed by atoms with Crippen molar-refractivity contribution in [3.63, 3.8) is 0 Å². The fourth-order valence-electron chi connectivity index (χ4n) is 5.97. The number of hydrogen-bond acceptors (Lipinski definition) is 9. The van der Waals surface area contributed by atoms with Crippen LogP contribution >= 0.6 is 0 Å². The van der Waals surface area contributed by atoms with Gasteiger partial charge in [-0.3, -0.25) is 4.79 Å². The molecule has 247 valence electrons. The van der Waals surface area contributed by atoms with E-state index in [2.05, 4.69) is 25.6 Å². The SMILES string of the molecule is COc1ccc(C(OC[C@H]2[CH][C@H](F)[C@H](n3nnc4c(NC(=O)c5ccccc5)ncnc43)O2)(c2ccccc2)c2ccc(OC)cc2)cc1. The number of alkyl halides is 1. The number of fused-ring (bicyclic) bond motifs is 1. The minimum atomic E-state index is -1.57. The number of amides is 1. The second-order valence-electron chi connectivity index (χ2n) is 11.3. The van der Waals surface area contributed by atoms with E-state index in [-0.39, 0.29) is 29.5 Å². The van der Waals surface area contributed by atoms with Crippen LogP contribution in [0.3, 0.4) is 0 Å². The summed E-state index contributed by atoms with van der Waals surface area (Å²) in [4.78, 5) is 21.3. The fraction of sp³-hybridized carbons (Fsp3) is 0.189. The Hall–Kier alpha value is -5.72. The molecule has 3 atom stereocenters. The smallest absolute Gasteiger partial charge is 0.256 e. The number of anilines is 1. The van der Waals surface area contributed by atoms with Gasteiger partial charge in [0.25, 0.3) is 5.91 Å². The lowest BCUT2D eigenvalue weighted by molar-refractivity contribution is -0.0808. The minimum absolute atomic E-state index is 0.0101. The van der Waals surface area contributed by atoms with Crippen molar-refractivity contribution in [2.24, 2.45) is 0 Å². The summed E-state index contributed by atoms with van der Waals surface area (Å²) < 4.78 is 41.0. The number of ether oxygens (including phenoxy) is 4. The summed E-state index contributed by atoms with van der Waals surface area (Å²) in [6.07, 6.45) is -0.816. The molecule has 3 heterocycles. The Bertz CT molecular complexity index is 1980. The van der Waals surface area contributed by atoms with Gasteiger partial charge in [0.05, 0.1) is 26.9 Å². The number of aromatic nitrogens is 5. The molecule has 7 rings (SSSR count). The van der Waals surface area contributed by atoms with Crippen molar-refractivity contribution >= 4 is 22.9 Å². The van der Waals surface area contributed by atoms with E-state index in [1.807, 2.05) is 84.9 Å². The third kappa shape index (κ3) is 6.19. The van der Waals surface area contributed by atoms with Gasteiger partial charge in [-0.1, -0.05) is 78.0 Å². The third-order valence-electron chi connectivity index (χ3n) is 8.39. The topological polar surface area (TPSA) is 123 Å². The summed E-state index contributed by atoms with van der Waals surface area (Å²) in [5.41, 5.74) is 2.26. The Morgan fingerprint density at radius 3 is 2.04 bits per heavy atom. The van der Waals surface area contributed by atoms with Crippen molar-refractivity contribution in [3.8, 4) is 11.5 Å². The quantitative estimate of drug-likeness (QED) is 0.168. The molecule has 2 aromatic heterocycles. The van der Waals surface area contributed by atoms with Crippen LogP contribution in [0, 0.1) is 6.42 Å². The minimum Gasteiger partial charge on any atom is -0.497 e. The van der Waals surface area contributed by atoms with Crippen molar-refractivity contribution in [1.82, 2.24) is 25.0 Å². The van der Waals surface area contributed by atoms with Gasteiger partial charge in [-0.15, -0.1) is 5.10 Å². The van der Waals surface area contributed by atoms with Gasteiger partial charge in [-0.25, -0.2) is 14.4 Å². The number of rotatable bonds is 11. The average molecular weight is 660 g/mol. The third-order valence-corrected chi connectivity index (χ3v) is 8.39. The number of benzene rings is 4. The summed E-state index contributed by atoms with van der Waals surface area (Å²) >= 11 is 0. The van der Waals surface area contributed by atoms with E-state index in [0.29, 0.717) is 17.1 Å². The molecule has 12 heteroatoms. The van der Waals surface area contributed by atoms with Crippen molar-refractivity contribution in [2.45, 2.75) is 24.1 Å². The van der Waals surface area contributed by atoms with Gasteiger partial charge in [0.15, 0.2) is 29.4 Å². The monoisotopic (exact) mass is 659 g/mol. The van der Waals surface area contributed by atoms with Crippen LogP contribution in [0.25, 0.3) is 11.2 Å². The van der Waals surface area contributed by atoms with Gasteiger partial charge in [-0.2, -0.15) is 4.68 Å². The van der Waals surface area contributed by atoms with E-state index in [1.54, 1.807) is 38.5 Å². The van der Waals surface area contributed by atoms with Crippen molar-refractivity contribution < 1.29 is 28.1 Å². The number of halogens is 1. The van der Waals surface area contributed by atoms with E-state index < -0.39 is 24.1 Å². The molecule has 1 amide bonds. The molecular formula is C37H32FN6O5. The summed E-state index contributed by atoms with van der Waals surface area (Å²) in [5, 5.41) is 11.1. The van der Waals surface area contributed by atoms with Crippen molar-refractivity contribution in [3.05, 3.63) is 144 Å². The first kappa shape index (κ1) is 31.9. The standard InChI is InChI=1S/C37H32FN6O5/c1-46-28-17-13-26(14-18-28)37(25-11-7-4-8-12-25,27-15-19-29(47-2)20-16-27)48-22-30-21-31(38)36(49-30)44-34-32(42-43-44)33(39-23-40-34)41-35(45)24-9-5-3-6-10-24/h3-21,23,30-31,36H,22H2,1-2H3,(H,39,40,41,45)/t30-,31+,36-/m1/s1. The molecule has 11 nitrogen and oxygen atoms in total. The Labute approximate surface area is 281 Å². The van der Waals surface area contributed by atoms with Crippen LogP contribution in [-0.4, -0.2) is 64.0 Å². The van der Waals surface area contributed by atoms with Crippen LogP contribution in [0.1, 0.15) is 33.3 Å². The number of hydrogen-bond donors (Lipinski definition) is 1. The first-order chi connectivity index (χ1) is 24.0. The molecule has 1 N–H and O–H groups in total. The molecule has 1 aliphatic rings. The molecule has 1 fully saturated rings. The van der Waals surface area contributed by atoms with Gasteiger partial charge >= 0.3 is 0 Å². The molecule has 0 spiro atoms. The van der Waals surface area contributed by atoms with Crippen LogP contribution < -0.4 is 14.8 Å². The van der Waals surface area contributed by atoms with E-state index in [9.17, 15) is 4.79 Å². The summed E-state index contributed by atoms with van der Waals surface area (Å²) in [6.45, 7) is -0.0101. The van der Waals surface area contributed by atoms with Crippen LogP contribution in [0.5, 0.6) is 11.5 Å². The van der Waals surface area contributed by atoms with Crippen LogP contribution in [-0.2, 0) is 15.1 Å². The van der Waals surface area contributed by atoms with E-state index in [4.69, 9.17) is 18.9 Å². The highest BCUT2D eigenvalue weighted by atomic mass is 19.1. The highest BCUT2D eigenvalue weighted by Crippen LogP contribution is 2.43. The molecule has 1 radical (unpaired) electrons. The van der Waals surface area contributed by atoms with Crippen molar-refractivity contribution in [1.29, 1.82) is 0 Å². The first-order valence-corrected chi connectivity index (χ1v) is 15.6. The number of carbonyl (C=O) groups is 1. The number of carbonyl (C=O) groups excluding carboxylic acids is 1. The average Bonchev–Trinajstić information content (AvgIpc) is 3.76. The molecule has 49 heavy (non-hydrogen) atoms. The lowest BCUT2D eigenvalue weighted by Gasteiger charge is -2.36. The number of nitrogens with one attached hydrogen (secondary N) is 1. The Kier molecular flexibility index (Phi) is 8.97. The molecule has 4 aromatic carbocycles. The van der Waals surface area contributed by atoms with E-state index in [1.165, 1.54) is 17.4 Å². The van der Waals surface area contributed by atoms with E-state index >= 15 is 4.39 Å². The molecule has 0 bridgehead atoms. The summed E-state index contributed by atoms with van der Waals surface area (Å²) in [6, 6.07) is 33.8.